The van der Waals surface area contributed by atoms with Gasteiger partial charge in [-0.1, -0.05) is 12.1 Å². The summed E-state index contributed by atoms with van der Waals surface area (Å²) in [6.45, 7) is 3.82. The lowest BCUT2D eigenvalue weighted by atomic mass is 10.1. The van der Waals surface area contributed by atoms with Crippen molar-refractivity contribution in [1.82, 2.24) is 19.3 Å². The molecule has 0 radical (unpaired) electrons. The van der Waals surface area contributed by atoms with Gasteiger partial charge < -0.3 is 4.57 Å². The minimum Gasteiger partial charge on any atom is -0.327 e. The number of aryl methyl sites for hydroxylation is 2. The summed E-state index contributed by atoms with van der Waals surface area (Å²) >= 11 is 0. The zero-order chi connectivity index (χ0) is 19.8. The molecule has 0 aliphatic rings. The molecule has 0 aliphatic carbocycles. The lowest BCUT2D eigenvalue weighted by molar-refractivity contribution is 0.627. The molecule has 2 aromatic heterocycles. The van der Waals surface area contributed by atoms with Crippen molar-refractivity contribution in [2.45, 2.75) is 13.8 Å². The van der Waals surface area contributed by atoms with Crippen molar-refractivity contribution in [3.8, 4) is 11.8 Å². The Morgan fingerprint density at radius 2 is 1.82 bits per heavy atom. The summed E-state index contributed by atoms with van der Waals surface area (Å²) in [7, 11) is 1.90. The number of nitriles is 1. The zero-order valence-corrected chi connectivity index (χ0v) is 15.8. The van der Waals surface area contributed by atoms with Crippen molar-refractivity contribution < 1.29 is 4.39 Å². The number of rotatable bonds is 3. The monoisotopic (exact) mass is 371 g/mol. The van der Waals surface area contributed by atoms with Crippen molar-refractivity contribution >= 4 is 22.7 Å². The fourth-order valence-corrected chi connectivity index (χ4v) is 3.37. The van der Waals surface area contributed by atoms with Gasteiger partial charge in [-0.05, 0) is 56.3 Å². The largest absolute Gasteiger partial charge is 0.327 e. The molecule has 2 heterocycles. The van der Waals surface area contributed by atoms with Crippen LogP contribution in [-0.2, 0) is 7.05 Å². The van der Waals surface area contributed by atoms with Gasteiger partial charge in [0, 0.05) is 18.3 Å². The van der Waals surface area contributed by atoms with Crippen molar-refractivity contribution in [3.05, 3.63) is 77.1 Å². The first kappa shape index (κ1) is 17.7. The Morgan fingerprint density at radius 1 is 1.11 bits per heavy atom. The Hall–Kier alpha value is -3.72. The SMILES string of the molecule is Cc1nn(-c2ccc(F)cc2)c(C)c1/C=C(\C#N)c1nc2ccccc2n1C. The third-order valence-corrected chi connectivity index (χ3v) is 4.86. The molecule has 0 atom stereocenters. The molecule has 0 spiro atoms. The van der Waals surface area contributed by atoms with Crippen LogP contribution in [0, 0.1) is 31.0 Å². The van der Waals surface area contributed by atoms with Gasteiger partial charge in [0.2, 0.25) is 0 Å². The van der Waals surface area contributed by atoms with Crippen LogP contribution in [0.1, 0.15) is 22.8 Å². The molecule has 4 rings (SSSR count). The molecule has 0 saturated carbocycles. The lowest BCUT2D eigenvalue weighted by Crippen LogP contribution is -1.99. The Bertz CT molecular complexity index is 1250. The van der Waals surface area contributed by atoms with E-state index in [1.165, 1.54) is 12.1 Å². The molecule has 138 valence electrons. The number of para-hydroxylation sites is 2. The van der Waals surface area contributed by atoms with E-state index >= 15 is 0 Å². The van der Waals surface area contributed by atoms with Gasteiger partial charge in [0.25, 0.3) is 0 Å². The van der Waals surface area contributed by atoms with Crippen molar-refractivity contribution in [3.63, 3.8) is 0 Å². The van der Waals surface area contributed by atoms with Crippen molar-refractivity contribution in [1.29, 1.82) is 5.26 Å². The highest BCUT2D eigenvalue weighted by Gasteiger charge is 2.16. The minimum atomic E-state index is -0.293. The van der Waals surface area contributed by atoms with E-state index in [0.29, 0.717) is 11.4 Å². The van der Waals surface area contributed by atoms with E-state index in [0.717, 1.165) is 33.7 Å². The predicted molar refractivity (Wildman–Crippen MR) is 107 cm³/mol. The average Bonchev–Trinajstić information content (AvgIpc) is 3.18. The zero-order valence-electron chi connectivity index (χ0n) is 15.8. The summed E-state index contributed by atoms with van der Waals surface area (Å²) in [4.78, 5) is 4.62. The van der Waals surface area contributed by atoms with Crippen molar-refractivity contribution in [2.75, 3.05) is 0 Å². The van der Waals surface area contributed by atoms with Gasteiger partial charge in [-0.2, -0.15) is 10.4 Å². The molecule has 0 aliphatic heterocycles. The Kier molecular flexibility index (Phi) is 4.28. The van der Waals surface area contributed by atoms with Gasteiger partial charge in [-0.25, -0.2) is 14.1 Å². The van der Waals surface area contributed by atoms with Gasteiger partial charge in [0.15, 0.2) is 5.82 Å². The first-order valence-corrected chi connectivity index (χ1v) is 8.85. The molecular weight excluding hydrogens is 353 g/mol. The third kappa shape index (κ3) is 2.87. The highest BCUT2D eigenvalue weighted by atomic mass is 19.1. The number of hydrogen-bond acceptors (Lipinski definition) is 3. The smallest absolute Gasteiger partial charge is 0.151 e. The molecule has 4 aromatic rings. The van der Waals surface area contributed by atoms with E-state index in [-0.39, 0.29) is 5.82 Å². The first-order valence-electron chi connectivity index (χ1n) is 8.85. The number of benzene rings is 2. The highest BCUT2D eigenvalue weighted by molar-refractivity contribution is 5.91. The summed E-state index contributed by atoms with van der Waals surface area (Å²) < 4.78 is 16.9. The number of aromatic nitrogens is 4. The van der Waals surface area contributed by atoms with E-state index in [1.54, 1.807) is 16.8 Å². The van der Waals surface area contributed by atoms with Crippen LogP contribution < -0.4 is 0 Å². The molecule has 6 heteroatoms. The molecule has 0 fully saturated rings. The van der Waals surface area contributed by atoms with Crippen LogP contribution in [0.3, 0.4) is 0 Å². The number of imidazole rings is 1. The molecule has 2 aromatic carbocycles. The molecule has 0 saturated heterocycles. The summed E-state index contributed by atoms with van der Waals surface area (Å²) in [6.07, 6.45) is 1.82. The van der Waals surface area contributed by atoms with Crippen LogP contribution in [0.5, 0.6) is 0 Å². The number of halogens is 1. The fraction of sp³-hybridized carbons (Fsp3) is 0.136. The van der Waals surface area contributed by atoms with Crippen LogP contribution in [0.2, 0.25) is 0 Å². The maximum atomic E-state index is 13.2. The van der Waals surface area contributed by atoms with E-state index in [9.17, 15) is 9.65 Å². The second-order valence-corrected chi connectivity index (χ2v) is 6.63. The normalized spacial score (nSPS) is 11.8. The van der Waals surface area contributed by atoms with E-state index in [1.807, 2.05) is 55.8 Å². The number of allylic oxidation sites excluding steroid dienone is 1. The molecule has 0 N–H and O–H groups in total. The predicted octanol–water partition coefficient (Wildman–Crippen LogP) is 4.58. The molecule has 0 amide bonds. The second kappa shape index (κ2) is 6.78. The molecule has 28 heavy (non-hydrogen) atoms. The minimum absolute atomic E-state index is 0.293. The summed E-state index contributed by atoms with van der Waals surface area (Å²) in [5.41, 5.74) is 5.55. The van der Waals surface area contributed by atoms with Crippen LogP contribution >= 0.6 is 0 Å². The van der Waals surface area contributed by atoms with Gasteiger partial charge in [-0.3, -0.25) is 0 Å². The van der Waals surface area contributed by atoms with Crippen LogP contribution in [0.4, 0.5) is 4.39 Å². The summed E-state index contributed by atoms with van der Waals surface area (Å²) in [6, 6.07) is 16.2. The molecule has 0 unspecified atom stereocenters. The maximum absolute atomic E-state index is 13.2. The van der Waals surface area contributed by atoms with E-state index < -0.39 is 0 Å². The highest BCUT2D eigenvalue weighted by Crippen LogP contribution is 2.25. The molecule has 5 nitrogen and oxygen atoms in total. The standard InChI is InChI=1S/C22H18FN5/c1-14-19(15(2)28(26-14)18-10-8-17(23)9-11-18)12-16(13-24)22-25-20-6-4-5-7-21(20)27(22)3/h4-12H,1-3H3/b16-12+. The first-order chi connectivity index (χ1) is 13.5. The number of nitrogens with zero attached hydrogens (tertiary/aromatic N) is 5. The number of hydrogen-bond donors (Lipinski definition) is 0. The maximum Gasteiger partial charge on any atom is 0.151 e. The average molecular weight is 371 g/mol. The molecular formula is C22H18FN5. The summed E-state index contributed by atoms with van der Waals surface area (Å²) in [5.74, 6) is 0.316. The van der Waals surface area contributed by atoms with E-state index in [2.05, 4.69) is 16.2 Å². The molecule has 0 bridgehead atoms. The Balaban J connectivity index is 1.84. The van der Waals surface area contributed by atoms with Gasteiger partial charge in [0.1, 0.15) is 11.9 Å². The van der Waals surface area contributed by atoms with Crippen LogP contribution in [0.25, 0.3) is 28.4 Å². The van der Waals surface area contributed by atoms with Crippen molar-refractivity contribution in [2.24, 2.45) is 7.05 Å². The van der Waals surface area contributed by atoms with Gasteiger partial charge in [0.05, 0.1) is 28.0 Å². The third-order valence-electron chi connectivity index (χ3n) is 4.86. The number of fused-ring (bicyclic) bond motifs is 1. The van der Waals surface area contributed by atoms with E-state index in [4.69, 9.17) is 0 Å². The van der Waals surface area contributed by atoms with Gasteiger partial charge >= 0.3 is 0 Å². The van der Waals surface area contributed by atoms with Crippen LogP contribution in [-0.4, -0.2) is 19.3 Å². The second-order valence-electron chi connectivity index (χ2n) is 6.63. The fourth-order valence-electron chi connectivity index (χ4n) is 3.37. The lowest BCUT2D eigenvalue weighted by Gasteiger charge is -2.05. The topological polar surface area (TPSA) is 59.4 Å². The van der Waals surface area contributed by atoms with Crippen LogP contribution in [0.15, 0.2) is 48.5 Å². The van der Waals surface area contributed by atoms with Gasteiger partial charge in [-0.15, -0.1) is 0 Å². The summed E-state index contributed by atoms with van der Waals surface area (Å²) in [5, 5.41) is 14.4. The Morgan fingerprint density at radius 3 is 2.50 bits per heavy atom. The Labute approximate surface area is 162 Å². The quantitative estimate of drug-likeness (QED) is 0.495.